The molecule has 0 radical (unpaired) electrons. The Hall–Kier alpha value is -1.36. The molecule has 1 saturated heterocycles. The molecule has 1 aromatic rings. The minimum Gasteiger partial charge on any atom is -0.447 e. The van der Waals surface area contributed by atoms with Crippen molar-refractivity contribution in [2.75, 3.05) is 11.5 Å². The van der Waals surface area contributed by atoms with E-state index in [1.165, 1.54) is 11.1 Å². The van der Waals surface area contributed by atoms with Crippen molar-refractivity contribution in [3.8, 4) is 0 Å². The topological polar surface area (TPSA) is 55.3 Å². The van der Waals surface area contributed by atoms with Gasteiger partial charge in [0, 0.05) is 6.20 Å². The second kappa shape index (κ2) is 4.02. The van der Waals surface area contributed by atoms with Crippen LogP contribution in [0.3, 0.4) is 0 Å². The van der Waals surface area contributed by atoms with Crippen LogP contribution in [0.5, 0.6) is 0 Å². The van der Waals surface area contributed by atoms with Crippen molar-refractivity contribution in [1.29, 1.82) is 0 Å². The minimum atomic E-state index is -0.378. The average molecular weight is 228 g/mol. The number of anilines is 1. The number of hydrogen-bond donors (Lipinski definition) is 0. The van der Waals surface area contributed by atoms with Gasteiger partial charge in [0.25, 0.3) is 0 Å². The Bertz CT molecular complexity index is 385. The summed E-state index contributed by atoms with van der Waals surface area (Å²) >= 11 is 5.66. The highest BCUT2D eigenvalue weighted by Gasteiger charge is 2.33. The normalized spacial score (nSPS) is 20.5. The van der Waals surface area contributed by atoms with Gasteiger partial charge >= 0.3 is 6.09 Å². The van der Waals surface area contributed by atoms with Crippen LogP contribution in [0.2, 0.25) is 5.28 Å². The van der Waals surface area contributed by atoms with E-state index >= 15 is 0 Å². The summed E-state index contributed by atoms with van der Waals surface area (Å²) in [4.78, 5) is 20.7. The van der Waals surface area contributed by atoms with Crippen LogP contribution < -0.4 is 4.90 Å². The molecule has 80 valence electrons. The molecular formula is C9H10ClN3O2. The maximum absolute atomic E-state index is 11.5. The summed E-state index contributed by atoms with van der Waals surface area (Å²) in [6, 6.07) is 1.67. The molecule has 0 aromatic carbocycles. The summed E-state index contributed by atoms with van der Waals surface area (Å²) in [7, 11) is 0. The third-order valence-corrected chi connectivity index (χ3v) is 2.47. The van der Waals surface area contributed by atoms with Gasteiger partial charge in [-0.3, -0.25) is 4.90 Å². The average Bonchev–Trinajstić information content (AvgIpc) is 2.59. The summed E-state index contributed by atoms with van der Waals surface area (Å²) in [5, 5.41) is 0.127. The summed E-state index contributed by atoms with van der Waals surface area (Å²) in [5.41, 5.74) is 0. The number of hydrogen-bond acceptors (Lipinski definition) is 4. The minimum absolute atomic E-state index is 0.0310. The Kier molecular flexibility index (Phi) is 2.73. The first-order valence-electron chi connectivity index (χ1n) is 4.67. The van der Waals surface area contributed by atoms with Crippen molar-refractivity contribution >= 4 is 23.5 Å². The molecule has 5 nitrogen and oxygen atoms in total. The van der Waals surface area contributed by atoms with Crippen LogP contribution in [0, 0.1) is 0 Å². The molecule has 0 spiro atoms. The molecule has 6 heteroatoms. The van der Waals surface area contributed by atoms with E-state index in [4.69, 9.17) is 16.3 Å². The van der Waals surface area contributed by atoms with Crippen molar-refractivity contribution in [2.24, 2.45) is 0 Å². The number of rotatable bonds is 2. The van der Waals surface area contributed by atoms with Crippen LogP contribution in [0.25, 0.3) is 0 Å². The van der Waals surface area contributed by atoms with Gasteiger partial charge in [-0.25, -0.2) is 14.8 Å². The molecule has 2 rings (SSSR count). The molecule has 1 aliphatic heterocycles. The van der Waals surface area contributed by atoms with E-state index in [-0.39, 0.29) is 17.4 Å². The van der Waals surface area contributed by atoms with Crippen LogP contribution in [0.1, 0.15) is 13.3 Å². The highest BCUT2D eigenvalue weighted by atomic mass is 35.5. The quantitative estimate of drug-likeness (QED) is 0.724. The van der Waals surface area contributed by atoms with Crippen LogP contribution in [0.4, 0.5) is 10.6 Å². The number of ether oxygens (including phenoxy) is 1. The van der Waals surface area contributed by atoms with Crippen molar-refractivity contribution in [3.05, 3.63) is 17.5 Å². The number of aromatic nitrogens is 2. The van der Waals surface area contributed by atoms with Crippen LogP contribution in [-0.4, -0.2) is 28.7 Å². The van der Waals surface area contributed by atoms with Crippen LogP contribution >= 0.6 is 11.6 Å². The fourth-order valence-electron chi connectivity index (χ4n) is 1.50. The van der Waals surface area contributed by atoms with E-state index in [9.17, 15) is 4.79 Å². The smallest absolute Gasteiger partial charge is 0.415 e. The lowest BCUT2D eigenvalue weighted by Gasteiger charge is -2.18. The van der Waals surface area contributed by atoms with Gasteiger partial charge in [0.15, 0.2) is 0 Å². The van der Waals surface area contributed by atoms with E-state index in [1.54, 1.807) is 6.07 Å². The van der Waals surface area contributed by atoms with E-state index in [1.807, 2.05) is 6.92 Å². The molecular weight excluding hydrogens is 218 g/mol. The SMILES string of the molecule is CCC1COC(=O)N1c1ccnc(Cl)n1. The summed E-state index contributed by atoms with van der Waals surface area (Å²) < 4.78 is 4.95. The standard InChI is InChI=1S/C9H10ClN3O2/c1-2-6-5-15-9(14)13(6)7-3-4-11-8(10)12-7/h3-4,6H,2,5H2,1H3. The third-order valence-electron chi connectivity index (χ3n) is 2.29. The second-order valence-corrected chi connectivity index (χ2v) is 3.53. The first-order valence-corrected chi connectivity index (χ1v) is 5.04. The summed E-state index contributed by atoms with van der Waals surface area (Å²) in [5.74, 6) is 0.490. The fourth-order valence-corrected chi connectivity index (χ4v) is 1.64. The zero-order valence-electron chi connectivity index (χ0n) is 8.18. The van der Waals surface area contributed by atoms with Crippen LogP contribution in [-0.2, 0) is 4.74 Å². The number of halogens is 1. The van der Waals surface area contributed by atoms with Gasteiger partial charge in [-0.2, -0.15) is 0 Å². The number of carbonyl (C=O) groups excluding carboxylic acids is 1. The van der Waals surface area contributed by atoms with Gasteiger partial charge < -0.3 is 4.74 Å². The Labute approximate surface area is 92.0 Å². The van der Waals surface area contributed by atoms with Gasteiger partial charge in [0.1, 0.15) is 12.4 Å². The molecule has 0 N–H and O–H groups in total. The molecule has 0 bridgehead atoms. The predicted molar refractivity (Wildman–Crippen MR) is 54.9 cm³/mol. The maximum Gasteiger partial charge on any atom is 0.415 e. The lowest BCUT2D eigenvalue weighted by atomic mass is 10.2. The molecule has 1 atom stereocenters. The Morgan fingerprint density at radius 3 is 3.20 bits per heavy atom. The molecule has 1 aliphatic rings. The monoisotopic (exact) mass is 227 g/mol. The first-order chi connectivity index (χ1) is 7.22. The summed E-state index contributed by atoms with van der Waals surface area (Å²) in [6.07, 6.45) is 1.95. The maximum atomic E-state index is 11.5. The predicted octanol–water partition coefficient (Wildman–Crippen LogP) is 1.87. The molecule has 1 unspecified atom stereocenters. The van der Waals surface area contributed by atoms with Crippen molar-refractivity contribution in [3.63, 3.8) is 0 Å². The van der Waals surface area contributed by atoms with Gasteiger partial charge in [-0.15, -0.1) is 0 Å². The number of cyclic esters (lactones) is 1. The molecule has 0 saturated carbocycles. The molecule has 1 fully saturated rings. The molecule has 1 amide bonds. The summed E-state index contributed by atoms with van der Waals surface area (Å²) in [6.45, 7) is 2.39. The Balaban J connectivity index is 2.32. The fraction of sp³-hybridized carbons (Fsp3) is 0.444. The number of nitrogens with zero attached hydrogens (tertiary/aromatic N) is 3. The molecule has 2 heterocycles. The van der Waals surface area contributed by atoms with Gasteiger partial charge in [0.05, 0.1) is 6.04 Å². The number of carbonyl (C=O) groups is 1. The van der Waals surface area contributed by atoms with Gasteiger partial charge in [-0.1, -0.05) is 6.92 Å². The highest BCUT2D eigenvalue weighted by Crippen LogP contribution is 2.22. The number of amides is 1. The Morgan fingerprint density at radius 1 is 1.73 bits per heavy atom. The van der Waals surface area contributed by atoms with E-state index < -0.39 is 0 Å². The largest absolute Gasteiger partial charge is 0.447 e. The van der Waals surface area contributed by atoms with E-state index in [0.29, 0.717) is 12.4 Å². The van der Waals surface area contributed by atoms with E-state index in [0.717, 1.165) is 6.42 Å². The molecule has 0 aliphatic carbocycles. The van der Waals surface area contributed by atoms with Gasteiger partial charge in [0.2, 0.25) is 5.28 Å². The van der Waals surface area contributed by atoms with Crippen molar-refractivity contribution < 1.29 is 9.53 Å². The lowest BCUT2D eigenvalue weighted by molar-refractivity contribution is 0.178. The zero-order valence-corrected chi connectivity index (χ0v) is 8.94. The van der Waals surface area contributed by atoms with E-state index in [2.05, 4.69) is 9.97 Å². The van der Waals surface area contributed by atoms with Crippen molar-refractivity contribution in [2.45, 2.75) is 19.4 Å². The van der Waals surface area contributed by atoms with Crippen LogP contribution in [0.15, 0.2) is 12.3 Å². The third kappa shape index (κ3) is 1.87. The van der Waals surface area contributed by atoms with Crippen molar-refractivity contribution in [1.82, 2.24) is 9.97 Å². The first kappa shape index (κ1) is 10.2. The molecule has 15 heavy (non-hydrogen) atoms. The molecule has 1 aromatic heterocycles. The highest BCUT2D eigenvalue weighted by molar-refractivity contribution is 6.28. The zero-order chi connectivity index (χ0) is 10.8. The second-order valence-electron chi connectivity index (χ2n) is 3.19. The Morgan fingerprint density at radius 2 is 2.53 bits per heavy atom. The lowest BCUT2D eigenvalue weighted by Crippen LogP contribution is -2.33. The van der Waals surface area contributed by atoms with Gasteiger partial charge in [-0.05, 0) is 24.1 Å².